The van der Waals surface area contributed by atoms with Crippen LogP contribution in [0.25, 0.3) is 0 Å². The first-order valence-electron chi connectivity index (χ1n) is 4.92. The maximum Gasteiger partial charge on any atom is 0.209 e. The molecule has 0 aliphatic carbocycles. The van der Waals surface area contributed by atoms with Gasteiger partial charge in [0, 0.05) is 17.9 Å². The Labute approximate surface area is 101 Å². The molecule has 4 nitrogen and oxygen atoms in total. The summed E-state index contributed by atoms with van der Waals surface area (Å²) in [5.74, 6) is -1.11. The number of halogens is 2. The van der Waals surface area contributed by atoms with Crippen LogP contribution in [0, 0.1) is 11.6 Å². The summed E-state index contributed by atoms with van der Waals surface area (Å²) < 4.78 is 28.5. The lowest BCUT2D eigenvalue weighted by molar-refractivity contribution is 0.556. The van der Waals surface area contributed by atoms with Crippen LogP contribution in [0.1, 0.15) is 17.7 Å². The van der Waals surface area contributed by atoms with Crippen LogP contribution in [-0.2, 0) is 7.05 Å². The smallest absolute Gasteiger partial charge is 0.209 e. The summed E-state index contributed by atoms with van der Waals surface area (Å²) in [6, 6.07) is 3.82. The highest BCUT2D eigenvalue weighted by atomic mass is 32.2. The Morgan fingerprint density at radius 3 is 2.47 bits per heavy atom. The van der Waals surface area contributed by atoms with Crippen molar-refractivity contribution in [3.63, 3.8) is 0 Å². The summed E-state index contributed by atoms with van der Waals surface area (Å²) in [6.45, 7) is 1.71. The highest BCUT2D eigenvalue weighted by Gasteiger charge is 2.19. The molecule has 1 aromatic heterocycles. The third-order valence-corrected chi connectivity index (χ3v) is 3.42. The van der Waals surface area contributed by atoms with E-state index in [0.29, 0.717) is 5.16 Å². The summed E-state index contributed by atoms with van der Waals surface area (Å²) in [7, 11) is 1.67. The largest absolute Gasteiger partial charge is 0.224 e. The van der Waals surface area contributed by atoms with Crippen molar-refractivity contribution in [2.45, 2.75) is 17.3 Å². The van der Waals surface area contributed by atoms with E-state index >= 15 is 0 Å². The minimum absolute atomic E-state index is 0.0421. The molecule has 0 aliphatic rings. The number of hydrogen-bond donors (Lipinski definition) is 0. The van der Waals surface area contributed by atoms with Gasteiger partial charge in [-0.25, -0.2) is 13.5 Å². The van der Waals surface area contributed by atoms with Crippen LogP contribution in [0.15, 0.2) is 23.4 Å². The van der Waals surface area contributed by atoms with Gasteiger partial charge in [-0.1, -0.05) is 17.8 Å². The molecule has 1 atom stereocenters. The van der Waals surface area contributed by atoms with Gasteiger partial charge in [0.05, 0.1) is 0 Å². The van der Waals surface area contributed by atoms with Gasteiger partial charge in [0.25, 0.3) is 0 Å². The third kappa shape index (κ3) is 2.44. The van der Waals surface area contributed by atoms with Crippen LogP contribution in [0.3, 0.4) is 0 Å². The first kappa shape index (κ1) is 12.0. The van der Waals surface area contributed by atoms with E-state index in [1.165, 1.54) is 34.6 Å². The predicted molar refractivity (Wildman–Crippen MR) is 59.4 cm³/mol. The lowest BCUT2D eigenvalue weighted by atomic mass is 10.1. The van der Waals surface area contributed by atoms with E-state index in [4.69, 9.17) is 0 Å². The Morgan fingerprint density at radius 2 is 1.94 bits per heavy atom. The van der Waals surface area contributed by atoms with Crippen molar-refractivity contribution in [1.29, 1.82) is 0 Å². The van der Waals surface area contributed by atoms with Crippen molar-refractivity contribution >= 4 is 11.8 Å². The van der Waals surface area contributed by atoms with E-state index in [0.717, 1.165) is 0 Å². The molecule has 2 aromatic rings. The molecule has 0 spiro atoms. The minimum atomic E-state index is -0.555. The summed E-state index contributed by atoms with van der Waals surface area (Å²) in [5.41, 5.74) is 0.0421. The second-order valence-corrected chi connectivity index (χ2v) is 4.79. The molecule has 0 aliphatic heterocycles. The highest BCUT2D eigenvalue weighted by molar-refractivity contribution is 7.99. The average Bonchev–Trinajstić information content (AvgIpc) is 2.64. The zero-order chi connectivity index (χ0) is 12.4. The molecule has 0 radical (unpaired) electrons. The van der Waals surface area contributed by atoms with Gasteiger partial charge in [0.15, 0.2) is 0 Å². The van der Waals surface area contributed by atoms with Crippen LogP contribution in [0.4, 0.5) is 8.78 Å². The molecule has 7 heteroatoms. The number of thioether (sulfide) groups is 1. The Kier molecular flexibility index (Phi) is 3.37. The second-order valence-electron chi connectivity index (χ2n) is 3.48. The Morgan fingerprint density at radius 1 is 1.29 bits per heavy atom. The molecule has 1 aromatic carbocycles. The maximum atomic E-state index is 13.5. The van der Waals surface area contributed by atoms with Crippen LogP contribution >= 0.6 is 11.8 Å². The van der Waals surface area contributed by atoms with Crippen molar-refractivity contribution < 1.29 is 8.78 Å². The molecule has 0 bridgehead atoms. The van der Waals surface area contributed by atoms with Crippen molar-refractivity contribution in [2.75, 3.05) is 0 Å². The van der Waals surface area contributed by atoms with Crippen LogP contribution in [0.5, 0.6) is 0 Å². The number of nitrogens with zero attached hydrogens (tertiary/aromatic N) is 4. The number of tetrazole rings is 1. The third-order valence-electron chi connectivity index (χ3n) is 2.27. The van der Waals surface area contributed by atoms with Gasteiger partial charge in [-0.3, -0.25) is 0 Å². The van der Waals surface area contributed by atoms with Gasteiger partial charge >= 0.3 is 0 Å². The summed E-state index contributed by atoms with van der Waals surface area (Å²) in [4.78, 5) is 0. The normalized spacial score (nSPS) is 12.7. The Balaban J connectivity index is 2.26. The maximum absolute atomic E-state index is 13.5. The molecule has 0 saturated carbocycles. The van der Waals surface area contributed by atoms with Crippen LogP contribution < -0.4 is 0 Å². The zero-order valence-electron chi connectivity index (χ0n) is 9.26. The molecule has 90 valence electrons. The molecule has 0 saturated heterocycles. The Bertz CT molecular complexity index is 509. The number of aromatic nitrogens is 4. The number of benzene rings is 1. The lowest BCUT2D eigenvalue weighted by Crippen LogP contribution is -2.00. The van der Waals surface area contributed by atoms with E-state index in [1.54, 1.807) is 14.0 Å². The lowest BCUT2D eigenvalue weighted by Gasteiger charge is -2.11. The second kappa shape index (κ2) is 4.79. The summed E-state index contributed by atoms with van der Waals surface area (Å²) in [5, 5.41) is 11.0. The summed E-state index contributed by atoms with van der Waals surface area (Å²) in [6.07, 6.45) is 0. The van der Waals surface area contributed by atoms with Gasteiger partial charge in [-0.2, -0.15) is 0 Å². The standard InChI is InChI=1S/C10H10F2N4S/c1-6(17-10-13-14-15-16(10)2)9-7(11)4-3-5-8(9)12/h3-6H,1-2H3/t6-/m0/s1. The molecule has 17 heavy (non-hydrogen) atoms. The fourth-order valence-corrected chi connectivity index (χ4v) is 2.37. The Hall–Kier alpha value is -1.50. The highest BCUT2D eigenvalue weighted by Crippen LogP contribution is 2.35. The zero-order valence-corrected chi connectivity index (χ0v) is 10.1. The van der Waals surface area contributed by atoms with E-state index in [2.05, 4.69) is 15.5 Å². The molecular weight excluding hydrogens is 246 g/mol. The SMILES string of the molecule is C[C@H](Sc1nnnn1C)c1c(F)cccc1F. The molecule has 2 rings (SSSR count). The van der Waals surface area contributed by atoms with Gasteiger partial charge in [0.1, 0.15) is 11.6 Å². The van der Waals surface area contributed by atoms with Crippen molar-refractivity contribution in [3.05, 3.63) is 35.4 Å². The monoisotopic (exact) mass is 256 g/mol. The topological polar surface area (TPSA) is 43.6 Å². The number of aryl methyl sites for hydroxylation is 1. The fraction of sp³-hybridized carbons (Fsp3) is 0.300. The summed E-state index contributed by atoms with van der Waals surface area (Å²) >= 11 is 1.21. The minimum Gasteiger partial charge on any atom is -0.224 e. The van der Waals surface area contributed by atoms with Gasteiger partial charge < -0.3 is 0 Å². The molecule has 0 fully saturated rings. The fourth-order valence-electron chi connectivity index (χ4n) is 1.44. The van der Waals surface area contributed by atoms with Gasteiger partial charge in [-0.15, -0.1) is 5.10 Å². The average molecular weight is 256 g/mol. The van der Waals surface area contributed by atoms with Crippen molar-refractivity contribution in [3.8, 4) is 0 Å². The van der Waals surface area contributed by atoms with Gasteiger partial charge in [0.2, 0.25) is 5.16 Å². The van der Waals surface area contributed by atoms with Crippen LogP contribution in [-0.4, -0.2) is 20.2 Å². The molecule has 1 heterocycles. The quantitative estimate of drug-likeness (QED) is 0.791. The van der Waals surface area contributed by atoms with Gasteiger partial charge in [-0.05, 0) is 29.5 Å². The van der Waals surface area contributed by atoms with Crippen molar-refractivity contribution in [2.24, 2.45) is 7.05 Å². The number of hydrogen-bond acceptors (Lipinski definition) is 4. The number of rotatable bonds is 3. The van der Waals surface area contributed by atoms with E-state index in [1.807, 2.05) is 0 Å². The van der Waals surface area contributed by atoms with E-state index in [9.17, 15) is 8.78 Å². The molecule has 0 amide bonds. The first-order valence-corrected chi connectivity index (χ1v) is 5.80. The van der Waals surface area contributed by atoms with Crippen LogP contribution in [0.2, 0.25) is 0 Å². The predicted octanol–water partition coefficient (Wildman–Crippen LogP) is 2.34. The molecular formula is C10H10F2N4S. The van der Waals surface area contributed by atoms with E-state index < -0.39 is 16.9 Å². The molecule has 0 unspecified atom stereocenters. The van der Waals surface area contributed by atoms with Crippen molar-refractivity contribution in [1.82, 2.24) is 20.2 Å². The first-order chi connectivity index (χ1) is 8.09. The molecule has 0 N–H and O–H groups in total. The van der Waals surface area contributed by atoms with E-state index in [-0.39, 0.29) is 5.56 Å².